The van der Waals surface area contributed by atoms with E-state index < -0.39 is 0 Å². The zero-order valence-electron chi connectivity index (χ0n) is 3.75. The van der Waals surface area contributed by atoms with E-state index in [2.05, 4.69) is 53.7 Å². The summed E-state index contributed by atoms with van der Waals surface area (Å²) in [5, 5.41) is 9.55. The lowest BCUT2D eigenvalue weighted by atomic mass is 10.5. The fraction of sp³-hybridized carbons (Fsp3) is 0.500. The van der Waals surface area contributed by atoms with Crippen molar-refractivity contribution in [3.8, 4) is 12.0 Å². The summed E-state index contributed by atoms with van der Waals surface area (Å²) in [5.74, 6) is 2.34. The Balaban J connectivity index is 3.50. The Kier molecular flexibility index (Phi) is 4.13. The van der Waals surface area contributed by atoms with Gasteiger partial charge in [-0.15, -0.1) is 0 Å². The molecule has 45 valence electrons. The summed E-state index contributed by atoms with van der Waals surface area (Å²) in [7, 11) is 0. The smallest absolute Gasteiger partial charge is 0.172 e. The molecule has 0 amide bonds. The molecule has 0 spiro atoms. The molecule has 0 saturated carbocycles. The van der Waals surface area contributed by atoms with Gasteiger partial charge in [0.2, 0.25) is 0 Å². The van der Waals surface area contributed by atoms with Crippen LogP contribution in [0.5, 0.6) is 0 Å². The zero-order valence-corrected chi connectivity index (χ0v) is 8.51. The summed E-state index contributed by atoms with van der Waals surface area (Å²) in [6, 6.07) is 0. The minimum Gasteiger partial charge on any atom is -0.224 e. The summed E-state index contributed by atoms with van der Waals surface area (Å²) in [5.41, 5.74) is 0. The van der Waals surface area contributed by atoms with Gasteiger partial charge in [0.15, 0.2) is 6.11 Å². The molecule has 0 aromatic carbocycles. The van der Waals surface area contributed by atoms with E-state index in [4.69, 9.17) is 0 Å². The molecule has 0 rings (SSSR count). The second kappa shape index (κ2) is 3.76. The zero-order chi connectivity index (χ0) is 6.62. The van der Waals surface area contributed by atoms with Gasteiger partial charge in [-0.05, 0) is 0 Å². The normalized spacial score (nSPS) is 9.88. The van der Waals surface area contributed by atoms with E-state index >= 15 is 0 Å². The highest BCUT2D eigenvalue weighted by Gasteiger charge is 2.14. The summed E-state index contributed by atoms with van der Waals surface area (Å²) in [6.07, 6.45) is 1.98. The molecule has 0 saturated heterocycles. The Labute approximate surface area is 73.2 Å². The van der Waals surface area contributed by atoms with Crippen molar-refractivity contribution in [1.82, 2.24) is 0 Å². The molecule has 0 aliphatic heterocycles. The predicted octanol–water partition coefficient (Wildman–Crippen LogP) is 2.61. The lowest BCUT2D eigenvalue weighted by molar-refractivity contribution is 0.391. The molecule has 0 heterocycles. The van der Waals surface area contributed by atoms with Crippen molar-refractivity contribution in [3.05, 3.63) is 0 Å². The van der Waals surface area contributed by atoms with E-state index in [0.29, 0.717) is 6.42 Å². The molecule has 1 radical (unpaired) electrons. The fourth-order valence-corrected chi connectivity index (χ4v) is 0.557. The van der Waals surface area contributed by atoms with Crippen LogP contribution < -0.4 is 0 Å². The Morgan fingerprint density at radius 1 is 1.38 bits per heavy atom. The molecule has 0 aromatic rings. The maximum absolute atomic E-state index is 9.55. The first-order chi connectivity index (χ1) is 3.56. The van der Waals surface area contributed by atoms with E-state index in [1.807, 2.05) is 0 Å². The number of alkyl halides is 3. The lowest BCUT2D eigenvalue weighted by Gasteiger charge is -2.03. The summed E-state index contributed by atoms with van der Waals surface area (Å²) in [4.78, 5) is 0. The predicted molar refractivity (Wildman–Crippen MR) is 42.6 cm³/mol. The van der Waals surface area contributed by atoms with Crippen molar-refractivity contribution in [3.63, 3.8) is 0 Å². The van der Waals surface area contributed by atoms with Gasteiger partial charge >= 0.3 is 0 Å². The SMILES string of the molecule is [O]C#CCC(Br)(Br)Br. The highest BCUT2D eigenvalue weighted by Crippen LogP contribution is 2.36. The Bertz CT molecular complexity index is 115. The molecule has 4 heteroatoms. The minimum atomic E-state index is -0.385. The second-order valence-corrected chi connectivity index (χ2v) is 8.32. The largest absolute Gasteiger partial charge is 0.224 e. The Morgan fingerprint density at radius 3 is 2.00 bits per heavy atom. The van der Waals surface area contributed by atoms with Gasteiger partial charge in [0.05, 0.1) is 0 Å². The molecule has 0 fully saturated rings. The van der Waals surface area contributed by atoms with Crippen molar-refractivity contribution in [2.24, 2.45) is 0 Å². The third kappa shape index (κ3) is 6.80. The van der Waals surface area contributed by atoms with Crippen LogP contribution in [0.1, 0.15) is 6.42 Å². The molecular weight excluding hydrogens is 304 g/mol. The van der Waals surface area contributed by atoms with Gasteiger partial charge < -0.3 is 0 Å². The van der Waals surface area contributed by atoms with Crippen LogP contribution in [0, 0.1) is 12.0 Å². The number of hydrogen-bond acceptors (Lipinski definition) is 0. The average molecular weight is 306 g/mol. The van der Waals surface area contributed by atoms with Crippen LogP contribution in [-0.4, -0.2) is 2.14 Å². The molecule has 0 atom stereocenters. The number of hydrogen-bond donors (Lipinski definition) is 0. The third-order valence-electron chi connectivity index (χ3n) is 0.361. The minimum absolute atomic E-state index is 0.385. The topological polar surface area (TPSA) is 19.9 Å². The summed E-state index contributed by atoms with van der Waals surface area (Å²) in [6.45, 7) is 0. The van der Waals surface area contributed by atoms with Crippen LogP contribution >= 0.6 is 47.8 Å². The van der Waals surface area contributed by atoms with Crippen molar-refractivity contribution in [2.75, 3.05) is 0 Å². The fourth-order valence-electron chi connectivity index (χ4n) is 0.136. The maximum Gasteiger partial charge on any atom is 0.172 e. The third-order valence-corrected chi connectivity index (χ3v) is 1.20. The van der Waals surface area contributed by atoms with Crippen molar-refractivity contribution < 1.29 is 5.11 Å². The highest BCUT2D eigenvalue weighted by molar-refractivity contribution is 9.39. The Hall–Kier alpha value is 0.800. The van der Waals surface area contributed by atoms with E-state index in [1.54, 1.807) is 0 Å². The van der Waals surface area contributed by atoms with Gasteiger partial charge in [0.25, 0.3) is 0 Å². The van der Waals surface area contributed by atoms with Crippen LogP contribution in [0.3, 0.4) is 0 Å². The van der Waals surface area contributed by atoms with Crippen LogP contribution in [0.4, 0.5) is 0 Å². The lowest BCUT2D eigenvalue weighted by Crippen LogP contribution is -1.94. The monoisotopic (exact) mass is 303 g/mol. The first-order valence-corrected chi connectivity index (χ1v) is 4.11. The molecule has 0 aliphatic carbocycles. The molecule has 1 nitrogen and oxygen atoms in total. The van der Waals surface area contributed by atoms with Gasteiger partial charge in [0, 0.05) is 6.42 Å². The van der Waals surface area contributed by atoms with E-state index in [1.165, 1.54) is 6.11 Å². The molecule has 0 aliphatic rings. The van der Waals surface area contributed by atoms with Crippen LogP contribution in [0.2, 0.25) is 0 Å². The number of rotatable bonds is 0. The van der Waals surface area contributed by atoms with E-state index in [-0.39, 0.29) is 2.14 Å². The Morgan fingerprint density at radius 2 is 1.88 bits per heavy atom. The molecule has 8 heavy (non-hydrogen) atoms. The van der Waals surface area contributed by atoms with Gasteiger partial charge in [-0.25, -0.2) is 5.11 Å². The highest BCUT2D eigenvalue weighted by atomic mass is 80.0. The summed E-state index contributed by atoms with van der Waals surface area (Å²) < 4.78 is -0.385. The molecular formula is C4H2Br3O. The second-order valence-electron chi connectivity index (χ2n) is 1.07. The first kappa shape index (κ1) is 8.80. The quantitative estimate of drug-likeness (QED) is 0.484. The molecule has 0 N–H and O–H groups in total. The molecule has 0 bridgehead atoms. The van der Waals surface area contributed by atoms with Gasteiger partial charge in [0.1, 0.15) is 2.14 Å². The van der Waals surface area contributed by atoms with Crippen molar-refractivity contribution in [2.45, 2.75) is 8.56 Å². The van der Waals surface area contributed by atoms with Crippen LogP contribution in [0.15, 0.2) is 0 Å². The van der Waals surface area contributed by atoms with Crippen molar-refractivity contribution >= 4 is 47.8 Å². The van der Waals surface area contributed by atoms with E-state index in [9.17, 15) is 5.11 Å². The standard InChI is InChI=1S/C4H2Br3O/c5-4(6,7)2-1-3-8/h2H2. The average Bonchev–Trinajstić information content (AvgIpc) is 1.59. The van der Waals surface area contributed by atoms with Gasteiger partial charge in [-0.3, -0.25) is 0 Å². The number of halogens is 3. The maximum atomic E-state index is 9.55. The molecule has 0 aromatic heterocycles. The van der Waals surface area contributed by atoms with Gasteiger partial charge in [-0.2, -0.15) is 0 Å². The van der Waals surface area contributed by atoms with E-state index in [0.717, 1.165) is 0 Å². The van der Waals surface area contributed by atoms with Gasteiger partial charge in [-0.1, -0.05) is 53.7 Å². The first-order valence-electron chi connectivity index (χ1n) is 1.73. The van der Waals surface area contributed by atoms with Crippen LogP contribution in [0.25, 0.3) is 0 Å². The van der Waals surface area contributed by atoms with Crippen LogP contribution in [-0.2, 0) is 5.11 Å². The summed E-state index contributed by atoms with van der Waals surface area (Å²) >= 11 is 9.51. The van der Waals surface area contributed by atoms with Crippen molar-refractivity contribution in [1.29, 1.82) is 0 Å². The molecule has 0 unspecified atom stereocenters.